The van der Waals surface area contributed by atoms with Crippen molar-refractivity contribution >= 4 is 23.9 Å². The van der Waals surface area contributed by atoms with E-state index in [1.165, 1.54) is 27.7 Å². The van der Waals surface area contributed by atoms with Crippen molar-refractivity contribution in [2.24, 2.45) is 28.0 Å². The highest BCUT2D eigenvalue weighted by Crippen LogP contribution is 2.42. The lowest BCUT2D eigenvalue weighted by molar-refractivity contribution is -0.256. The van der Waals surface area contributed by atoms with Crippen LogP contribution in [-0.4, -0.2) is 160 Å². The van der Waals surface area contributed by atoms with Crippen molar-refractivity contribution in [1.82, 2.24) is 15.0 Å². The summed E-state index contributed by atoms with van der Waals surface area (Å²) in [5.74, 6) is -3.17. The lowest BCUT2D eigenvalue weighted by atomic mass is 9.83. The molecular weight excluding hydrogens is 1030 g/mol. The Kier molecular flexibility index (Phi) is 25.2. The Morgan fingerprint density at radius 2 is 1.18 bits per heavy atom. The number of carbonyl (C=O) groups excluding carboxylic acids is 4. The topological polar surface area (TPSA) is 327 Å². The van der Waals surface area contributed by atoms with Crippen molar-refractivity contribution in [2.75, 3.05) is 6.61 Å². The summed E-state index contributed by atoms with van der Waals surface area (Å²) in [6, 6.07) is -1.14. The molecule has 20 atom stereocenters. The quantitative estimate of drug-likeness (QED) is 0.0438. The van der Waals surface area contributed by atoms with E-state index in [9.17, 15) is 24.3 Å². The number of aromatic nitrogens is 3. The molecule has 7 heterocycles. The Morgan fingerprint density at radius 1 is 0.696 bits per heavy atom. The molecule has 0 spiro atoms. The molecule has 0 radical (unpaired) electrons. The SMILES string of the molecule is C=CC[C@H]1O[C@H](CC)[C@H](C)[C@H](N=[N+]=[N-])[C@H]1OC(C)=O.C=CC[C@H]1O[C@H](CC)[C@H](C)[C@H](n2cc(C)nn2)[C@H]1OC(C)=O.CC1(C)O[C@H]2O[C@H]([C@H]3COC(C)(C)O3)[C@H](O)[C@H]2O1.CC[C@H]1OC(OC(C)=O)[C@H](OC(C)=O)[C@@H](N=[N+]=[N-])[C@H]1C. The van der Waals surface area contributed by atoms with Gasteiger partial charge in [0.1, 0.15) is 36.6 Å². The summed E-state index contributed by atoms with van der Waals surface area (Å²) < 4.78 is 68.7. The minimum Gasteiger partial charge on any atom is -0.459 e. The maximum Gasteiger partial charge on any atom is 0.305 e. The molecule has 6 aliphatic rings. The van der Waals surface area contributed by atoms with Gasteiger partial charge in [-0.2, -0.15) is 0 Å². The van der Waals surface area contributed by atoms with Gasteiger partial charge in [0, 0.05) is 49.6 Å². The van der Waals surface area contributed by atoms with Gasteiger partial charge in [-0.05, 0) is 89.6 Å². The van der Waals surface area contributed by atoms with Crippen molar-refractivity contribution in [3.8, 4) is 0 Å². The van der Waals surface area contributed by atoms with Crippen LogP contribution in [0.1, 0.15) is 141 Å². The highest BCUT2D eigenvalue weighted by molar-refractivity contribution is 5.67. The first-order valence-corrected chi connectivity index (χ1v) is 27.0. The lowest BCUT2D eigenvalue weighted by Crippen LogP contribution is -2.55. The molecule has 1 N–H and O–H groups in total. The number of hydrogen-bond donors (Lipinski definition) is 1. The van der Waals surface area contributed by atoms with Gasteiger partial charge < -0.3 is 61.9 Å². The summed E-state index contributed by atoms with van der Waals surface area (Å²) in [5, 5.41) is 26.0. The van der Waals surface area contributed by atoms with Gasteiger partial charge in [-0.1, -0.05) is 69.1 Å². The number of nitrogens with zero attached hydrogens (tertiary/aromatic N) is 9. The largest absolute Gasteiger partial charge is 0.459 e. The van der Waals surface area contributed by atoms with Crippen LogP contribution >= 0.6 is 0 Å². The molecule has 0 aromatic carbocycles. The number of fused-ring (bicyclic) bond motifs is 1. The van der Waals surface area contributed by atoms with E-state index in [0.717, 1.165) is 18.5 Å². The summed E-state index contributed by atoms with van der Waals surface area (Å²) in [6.07, 6.45) is 2.80. The molecule has 444 valence electrons. The smallest absolute Gasteiger partial charge is 0.305 e. The first kappa shape index (κ1) is 66.3. The zero-order chi connectivity index (χ0) is 59.1. The van der Waals surface area contributed by atoms with E-state index in [1.54, 1.807) is 26.0 Å². The lowest BCUT2D eigenvalue weighted by Gasteiger charge is -2.44. The zero-order valence-corrected chi connectivity index (χ0v) is 48.4. The summed E-state index contributed by atoms with van der Waals surface area (Å²) in [5.41, 5.74) is 18.2. The molecule has 0 aliphatic carbocycles. The van der Waals surface area contributed by atoms with Crippen LogP contribution < -0.4 is 0 Å². The number of azide groups is 2. The van der Waals surface area contributed by atoms with Gasteiger partial charge in [-0.3, -0.25) is 19.2 Å². The van der Waals surface area contributed by atoms with E-state index >= 15 is 0 Å². The standard InChI is InChI=1S/C16H25N3O3.C13H21N3O3.C12H19N3O5.C12H20O6/c1-6-8-14-16(21-12(5)20)15(11(4)13(7-2)22-14)19-9-10(3)17-18-19;1-5-7-11-13(18-9(4)17)12(15-16-14)8(3)10(6-2)19-11;1-5-9-6(2)10(14-15-13)11(18-7(3)16)12(20-9)19-8(4)17;1-11(2)14-5-6(16-11)8-7(13)9-10(15-8)18-12(3,4)17-9/h6,9,11,13-16H,1,7-8H2,2-5H3;5,8,10-13H,1,6-7H2,2-4H3;6,9-12H,5H2,1-4H3;6-10,13H,5H2,1-4H3/t11-,13+,14+,15-,16-;8-,10+,11+,12-,13-;6-,9+,10-,11+,12?;6-,7+,8-,9-,10-/m0001/s1. The molecule has 1 aromatic heterocycles. The molecule has 6 saturated heterocycles. The van der Waals surface area contributed by atoms with Crippen molar-refractivity contribution < 1.29 is 81.1 Å². The number of aryl methyl sites for hydroxylation is 1. The fourth-order valence-electron chi connectivity index (χ4n) is 10.8. The predicted molar refractivity (Wildman–Crippen MR) is 282 cm³/mol. The molecule has 79 heavy (non-hydrogen) atoms. The van der Waals surface area contributed by atoms with E-state index < -0.39 is 90.8 Å². The molecule has 1 unspecified atom stereocenters. The number of aliphatic hydroxyl groups excluding tert-OH is 1. The first-order valence-electron chi connectivity index (χ1n) is 27.0. The van der Waals surface area contributed by atoms with Gasteiger partial charge in [0.25, 0.3) is 0 Å². The van der Waals surface area contributed by atoms with Gasteiger partial charge in [0.15, 0.2) is 30.1 Å². The van der Waals surface area contributed by atoms with E-state index in [-0.39, 0.29) is 66.4 Å². The minimum absolute atomic E-state index is 0.00585. The van der Waals surface area contributed by atoms with Gasteiger partial charge >= 0.3 is 23.9 Å². The molecule has 26 heteroatoms. The van der Waals surface area contributed by atoms with Crippen LogP contribution in [0, 0.1) is 24.7 Å². The van der Waals surface area contributed by atoms with Gasteiger partial charge in [0.2, 0.25) is 6.29 Å². The predicted octanol–water partition coefficient (Wildman–Crippen LogP) is 7.74. The monoisotopic (exact) mass is 1120 g/mol. The Bertz CT molecular complexity index is 2290. The first-order chi connectivity index (χ1) is 37.2. The van der Waals surface area contributed by atoms with Crippen molar-refractivity contribution in [3.05, 3.63) is 58.1 Å². The molecule has 0 saturated carbocycles. The number of esters is 4. The Labute approximate surface area is 463 Å². The average Bonchev–Trinajstić information content (AvgIpc) is 4.21. The summed E-state index contributed by atoms with van der Waals surface area (Å²) >= 11 is 0. The number of hydrogen-bond acceptors (Lipinski definition) is 21. The van der Waals surface area contributed by atoms with Crippen LogP contribution in [-0.2, 0) is 76.0 Å². The number of rotatable bonds is 15. The molecular formula is C53H85N9O17. The summed E-state index contributed by atoms with van der Waals surface area (Å²) in [4.78, 5) is 50.8. The summed E-state index contributed by atoms with van der Waals surface area (Å²) in [7, 11) is 0. The van der Waals surface area contributed by atoms with E-state index in [4.69, 9.17) is 67.9 Å². The minimum atomic E-state index is -1.06. The third-order valence-electron chi connectivity index (χ3n) is 14.3. The Morgan fingerprint density at radius 3 is 1.62 bits per heavy atom. The second-order valence-corrected chi connectivity index (χ2v) is 21.3. The molecule has 6 aliphatic heterocycles. The van der Waals surface area contributed by atoms with Crippen molar-refractivity contribution in [1.29, 1.82) is 0 Å². The van der Waals surface area contributed by atoms with Crippen LogP contribution in [0.15, 0.2) is 41.7 Å². The van der Waals surface area contributed by atoms with Crippen molar-refractivity contribution in [3.63, 3.8) is 0 Å². The molecule has 0 amide bonds. The molecule has 1 aromatic rings. The fourth-order valence-corrected chi connectivity index (χ4v) is 10.8. The maximum absolute atomic E-state index is 11.6. The number of aliphatic hydroxyl groups is 1. The number of carbonyl (C=O) groups is 4. The van der Waals surface area contributed by atoms with E-state index in [0.29, 0.717) is 25.9 Å². The van der Waals surface area contributed by atoms with Gasteiger partial charge in [0.05, 0.1) is 54.8 Å². The second-order valence-electron chi connectivity index (χ2n) is 21.3. The molecule has 6 fully saturated rings. The average molecular weight is 1120 g/mol. The fraction of sp³-hybridized carbons (Fsp3) is 0.811. The number of ether oxygens (including phenoxy) is 12. The Balaban J connectivity index is 0.000000227. The van der Waals surface area contributed by atoms with Crippen LogP contribution in [0.2, 0.25) is 0 Å². The molecule has 26 nitrogen and oxygen atoms in total. The Hall–Kier alpha value is -5.24. The van der Waals surface area contributed by atoms with Crippen molar-refractivity contribution in [2.45, 2.75) is 251 Å². The highest BCUT2D eigenvalue weighted by Gasteiger charge is 2.58. The molecule has 0 bridgehead atoms. The van der Waals surface area contributed by atoms with Crippen LogP contribution in [0.5, 0.6) is 0 Å². The van der Waals surface area contributed by atoms with Crippen LogP contribution in [0.4, 0.5) is 0 Å². The zero-order valence-electron chi connectivity index (χ0n) is 48.4. The van der Waals surface area contributed by atoms with Gasteiger partial charge in [-0.15, -0.1) is 18.3 Å². The third-order valence-corrected chi connectivity index (χ3v) is 14.3. The van der Waals surface area contributed by atoms with E-state index in [1.807, 2.05) is 59.3 Å². The molecule has 7 rings (SSSR count). The second kappa shape index (κ2) is 30.0. The normalized spacial score (nSPS) is 36.7. The van der Waals surface area contributed by atoms with Crippen LogP contribution in [0.3, 0.4) is 0 Å². The third kappa shape index (κ3) is 17.9. The summed E-state index contributed by atoms with van der Waals surface area (Å²) in [6.45, 7) is 34.2. The maximum atomic E-state index is 11.6. The van der Waals surface area contributed by atoms with Crippen LogP contribution in [0.25, 0.3) is 20.9 Å². The van der Waals surface area contributed by atoms with E-state index in [2.05, 4.69) is 57.4 Å². The highest BCUT2D eigenvalue weighted by atomic mass is 16.8. The van der Waals surface area contributed by atoms with Gasteiger partial charge in [-0.25, -0.2) is 4.68 Å².